The summed E-state index contributed by atoms with van der Waals surface area (Å²) in [7, 11) is -4.59. The summed E-state index contributed by atoms with van der Waals surface area (Å²) < 4.78 is 47.4. The van der Waals surface area contributed by atoms with Crippen LogP contribution in [0, 0.1) is 0 Å². The third-order valence-corrected chi connectivity index (χ3v) is 4.96. The lowest BCUT2D eigenvalue weighted by Crippen LogP contribution is -2.37. The van der Waals surface area contributed by atoms with Crippen LogP contribution in [-0.4, -0.2) is 39.2 Å². The molecule has 23 heavy (non-hydrogen) atoms. The number of hydrogen-bond donors (Lipinski definition) is 2. The minimum Gasteiger partial charge on any atom is -0.354 e. The fourth-order valence-corrected chi connectivity index (χ4v) is 3.04. The van der Waals surface area contributed by atoms with E-state index in [4.69, 9.17) is 0 Å². The topological polar surface area (TPSA) is 75.3 Å². The molecule has 1 atom stereocenters. The van der Waals surface area contributed by atoms with Crippen LogP contribution in [0.5, 0.6) is 0 Å². The molecule has 5 nitrogen and oxygen atoms in total. The fourth-order valence-electron chi connectivity index (χ4n) is 2.32. The van der Waals surface area contributed by atoms with E-state index in [-0.39, 0.29) is 24.7 Å². The van der Waals surface area contributed by atoms with E-state index in [0.717, 1.165) is 31.5 Å². The van der Waals surface area contributed by atoms with Crippen LogP contribution in [0.25, 0.3) is 0 Å². The van der Waals surface area contributed by atoms with E-state index in [1.165, 1.54) is 12.1 Å². The zero-order chi connectivity index (χ0) is 16.2. The van der Waals surface area contributed by atoms with Gasteiger partial charge in [-0.05, 0) is 37.1 Å². The molecule has 0 aromatic heterocycles. The molecule has 1 unspecified atom stereocenters. The Morgan fingerprint density at radius 2 is 1.96 bits per heavy atom. The van der Waals surface area contributed by atoms with E-state index >= 15 is 0 Å². The van der Waals surface area contributed by atoms with Crippen LogP contribution in [-0.2, 0) is 21.1 Å². The van der Waals surface area contributed by atoms with Crippen LogP contribution in [0.1, 0.15) is 18.4 Å². The van der Waals surface area contributed by atoms with Gasteiger partial charge < -0.3 is 10.6 Å². The van der Waals surface area contributed by atoms with E-state index in [2.05, 4.69) is 10.6 Å². The number of hydrogen-bond acceptors (Lipinski definition) is 4. The van der Waals surface area contributed by atoms with Gasteiger partial charge in [0.05, 0.1) is 11.3 Å². The Balaban J connectivity index is 0.00000264. The number of amides is 1. The minimum atomic E-state index is -4.59. The first-order valence-electron chi connectivity index (χ1n) is 7.00. The van der Waals surface area contributed by atoms with Gasteiger partial charge in [0, 0.05) is 12.6 Å². The largest absolute Gasteiger partial charge is 0.354 e. The Labute approximate surface area is 140 Å². The third-order valence-electron chi connectivity index (χ3n) is 3.56. The van der Waals surface area contributed by atoms with Crippen molar-refractivity contribution in [1.82, 2.24) is 10.6 Å². The highest BCUT2D eigenvalue weighted by Gasteiger charge is 2.26. The number of carbonyl (C=O) groups is 1. The second kappa shape index (κ2) is 8.56. The molecule has 1 aromatic carbocycles. The molecule has 1 fully saturated rings. The Morgan fingerprint density at radius 1 is 1.30 bits per heavy atom. The van der Waals surface area contributed by atoms with Crippen LogP contribution in [0.2, 0.25) is 0 Å². The Bertz CT molecular complexity index is 617. The van der Waals surface area contributed by atoms with Crippen molar-refractivity contribution in [1.29, 1.82) is 0 Å². The maximum absolute atomic E-state index is 12.4. The number of rotatable bonds is 6. The predicted octanol–water partition coefficient (Wildman–Crippen LogP) is 1.52. The normalized spacial score (nSPS) is 17.8. The Morgan fingerprint density at radius 3 is 2.48 bits per heavy atom. The number of alkyl halides is 2. The molecular formula is C14H19ClF2N2O3S. The first kappa shape index (κ1) is 19.8. The van der Waals surface area contributed by atoms with Gasteiger partial charge in [-0.2, -0.15) is 8.78 Å². The zero-order valence-electron chi connectivity index (χ0n) is 12.3. The molecule has 0 radical (unpaired) electrons. The summed E-state index contributed by atoms with van der Waals surface area (Å²) in [6.45, 7) is 1.51. The molecule has 0 spiro atoms. The molecule has 1 aliphatic rings. The van der Waals surface area contributed by atoms with Crippen LogP contribution < -0.4 is 10.6 Å². The molecule has 130 valence electrons. The Hall–Kier alpha value is -1.25. The van der Waals surface area contributed by atoms with Crippen molar-refractivity contribution < 1.29 is 22.0 Å². The predicted molar refractivity (Wildman–Crippen MR) is 84.6 cm³/mol. The van der Waals surface area contributed by atoms with E-state index in [1.54, 1.807) is 0 Å². The molecule has 0 bridgehead atoms. The maximum atomic E-state index is 12.4. The third kappa shape index (κ3) is 5.40. The fraction of sp³-hybridized carbons (Fsp3) is 0.500. The van der Waals surface area contributed by atoms with E-state index in [1.807, 2.05) is 0 Å². The summed E-state index contributed by atoms with van der Waals surface area (Å²) >= 11 is 0. The van der Waals surface area contributed by atoms with Crippen LogP contribution in [0.4, 0.5) is 8.78 Å². The van der Waals surface area contributed by atoms with Crippen LogP contribution >= 0.6 is 12.4 Å². The number of halogens is 3. The van der Waals surface area contributed by atoms with E-state index in [9.17, 15) is 22.0 Å². The summed E-state index contributed by atoms with van der Waals surface area (Å²) in [6, 6.07) is 5.25. The molecule has 2 rings (SSSR count). The van der Waals surface area contributed by atoms with Crippen molar-refractivity contribution in [2.24, 2.45) is 0 Å². The average molecular weight is 369 g/mol. The van der Waals surface area contributed by atoms with Crippen molar-refractivity contribution in [3.8, 4) is 0 Å². The van der Waals surface area contributed by atoms with Crippen molar-refractivity contribution in [2.45, 2.75) is 36.0 Å². The molecule has 1 heterocycles. The molecule has 0 aliphatic carbocycles. The number of benzene rings is 1. The van der Waals surface area contributed by atoms with Gasteiger partial charge in [-0.3, -0.25) is 4.79 Å². The molecule has 2 N–H and O–H groups in total. The highest BCUT2D eigenvalue weighted by molar-refractivity contribution is 7.91. The average Bonchev–Trinajstić information content (AvgIpc) is 2.99. The van der Waals surface area contributed by atoms with E-state index < -0.39 is 20.5 Å². The van der Waals surface area contributed by atoms with Gasteiger partial charge in [-0.15, -0.1) is 12.4 Å². The number of sulfone groups is 1. The lowest BCUT2D eigenvalue weighted by Gasteiger charge is -2.11. The highest BCUT2D eigenvalue weighted by Crippen LogP contribution is 2.18. The summed E-state index contributed by atoms with van der Waals surface area (Å²) in [6.07, 6.45) is 2.21. The summed E-state index contributed by atoms with van der Waals surface area (Å²) in [5, 5.41) is 6.05. The molecule has 1 saturated heterocycles. The van der Waals surface area contributed by atoms with E-state index in [0.29, 0.717) is 18.2 Å². The SMILES string of the molecule is Cl.O=C(Cc1ccc(S(=O)(=O)C(F)F)cc1)NCC1CCCN1. The summed E-state index contributed by atoms with van der Waals surface area (Å²) in [4.78, 5) is 11.3. The second-order valence-corrected chi connectivity index (χ2v) is 7.14. The van der Waals surface area contributed by atoms with Crippen LogP contribution in [0.15, 0.2) is 29.2 Å². The van der Waals surface area contributed by atoms with Gasteiger partial charge in [0.15, 0.2) is 0 Å². The lowest BCUT2D eigenvalue weighted by atomic mass is 10.1. The first-order chi connectivity index (χ1) is 10.4. The Kier molecular flexibility index (Phi) is 7.37. The van der Waals surface area contributed by atoms with Crippen LogP contribution in [0.3, 0.4) is 0 Å². The smallest absolute Gasteiger partial charge is 0.341 e. The molecule has 9 heteroatoms. The standard InChI is InChI=1S/C14H18F2N2O3S.ClH/c15-14(16)22(20,21)12-5-3-10(4-6-12)8-13(19)18-9-11-2-1-7-17-11;/h3-6,11,14,17H,1-2,7-9H2,(H,18,19);1H. The maximum Gasteiger partial charge on any atom is 0.341 e. The van der Waals surface area contributed by atoms with Gasteiger partial charge in [-0.1, -0.05) is 12.1 Å². The molecule has 1 aromatic rings. The van der Waals surface area contributed by atoms with Gasteiger partial charge in [0.1, 0.15) is 0 Å². The number of carbonyl (C=O) groups excluding carboxylic acids is 1. The van der Waals surface area contributed by atoms with Crippen molar-refractivity contribution in [3.05, 3.63) is 29.8 Å². The highest BCUT2D eigenvalue weighted by atomic mass is 35.5. The van der Waals surface area contributed by atoms with Gasteiger partial charge in [0.2, 0.25) is 15.7 Å². The molecule has 1 aliphatic heterocycles. The van der Waals surface area contributed by atoms with Crippen molar-refractivity contribution in [3.63, 3.8) is 0 Å². The van der Waals surface area contributed by atoms with Crippen molar-refractivity contribution in [2.75, 3.05) is 13.1 Å². The molecular weight excluding hydrogens is 350 g/mol. The zero-order valence-corrected chi connectivity index (χ0v) is 13.9. The first-order valence-corrected chi connectivity index (χ1v) is 8.55. The van der Waals surface area contributed by atoms with Gasteiger partial charge in [0.25, 0.3) is 0 Å². The quantitative estimate of drug-likeness (QED) is 0.798. The van der Waals surface area contributed by atoms with Crippen molar-refractivity contribution >= 4 is 28.2 Å². The van der Waals surface area contributed by atoms with Gasteiger partial charge >= 0.3 is 5.76 Å². The van der Waals surface area contributed by atoms with Gasteiger partial charge in [-0.25, -0.2) is 8.42 Å². The summed E-state index contributed by atoms with van der Waals surface area (Å²) in [5.41, 5.74) is 0.574. The second-order valence-electron chi connectivity index (χ2n) is 5.22. The minimum absolute atomic E-state index is 0. The molecule has 0 saturated carbocycles. The summed E-state index contributed by atoms with van der Waals surface area (Å²) in [5.74, 6) is -3.63. The number of nitrogens with one attached hydrogen (secondary N) is 2. The monoisotopic (exact) mass is 368 g/mol. The lowest BCUT2D eigenvalue weighted by molar-refractivity contribution is -0.120. The molecule has 1 amide bonds.